The van der Waals surface area contributed by atoms with Gasteiger partial charge in [0.2, 0.25) is 10.0 Å². The molecule has 0 saturated carbocycles. The van der Waals surface area contributed by atoms with Gasteiger partial charge in [-0.15, -0.1) is 0 Å². The fourth-order valence-electron chi connectivity index (χ4n) is 1.62. The minimum absolute atomic E-state index is 0.0668. The zero-order valence-electron chi connectivity index (χ0n) is 11.3. The van der Waals surface area contributed by atoms with Crippen molar-refractivity contribution in [1.29, 1.82) is 0 Å². The third-order valence-electron chi connectivity index (χ3n) is 2.84. The fourth-order valence-corrected chi connectivity index (χ4v) is 2.83. The molecular weight excluding hydrogens is 248 g/mol. The molecule has 0 atom stereocenters. The third-order valence-corrected chi connectivity index (χ3v) is 4.75. The predicted octanol–water partition coefficient (Wildman–Crippen LogP) is 1.58. The molecule has 0 saturated heterocycles. The highest BCUT2D eigenvalue weighted by atomic mass is 32.2. The van der Waals surface area contributed by atoms with E-state index in [1.807, 2.05) is 38.1 Å². The van der Waals surface area contributed by atoms with Crippen LogP contribution < -0.4 is 5.32 Å². The van der Waals surface area contributed by atoms with Gasteiger partial charge in [-0.1, -0.05) is 38.1 Å². The molecule has 102 valence electrons. The summed E-state index contributed by atoms with van der Waals surface area (Å²) in [5.41, 5.74) is 1.95. The van der Waals surface area contributed by atoms with Crippen LogP contribution in [0.25, 0.3) is 0 Å². The molecule has 1 N–H and O–H groups in total. The van der Waals surface area contributed by atoms with Gasteiger partial charge >= 0.3 is 0 Å². The second-order valence-corrected chi connectivity index (χ2v) is 6.35. The standard InChI is InChI=1S/C13H22N2O2S/c1-4-14-10-12-7-6-8-13(9-12)11-18(16,17)15(3)5-2/h6-9,14H,4-5,10-11H2,1-3H3. The van der Waals surface area contributed by atoms with Gasteiger partial charge in [0.15, 0.2) is 0 Å². The summed E-state index contributed by atoms with van der Waals surface area (Å²) in [4.78, 5) is 0. The van der Waals surface area contributed by atoms with Gasteiger partial charge in [-0.2, -0.15) is 0 Å². The van der Waals surface area contributed by atoms with Crippen molar-refractivity contribution in [3.8, 4) is 0 Å². The summed E-state index contributed by atoms with van der Waals surface area (Å²) < 4.78 is 25.3. The summed E-state index contributed by atoms with van der Waals surface area (Å²) in [6, 6.07) is 7.71. The molecule has 1 rings (SSSR count). The van der Waals surface area contributed by atoms with Crippen molar-refractivity contribution in [2.24, 2.45) is 0 Å². The molecule has 0 radical (unpaired) electrons. The Morgan fingerprint density at radius 2 is 1.89 bits per heavy atom. The smallest absolute Gasteiger partial charge is 0.218 e. The normalized spacial score (nSPS) is 12.0. The van der Waals surface area contributed by atoms with Crippen LogP contribution in [0.15, 0.2) is 24.3 Å². The Hall–Kier alpha value is -0.910. The third kappa shape index (κ3) is 4.40. The van der Waals surface area contributed by atoms with E-state index in [0.29, 0.717) is 6.54 Å². The topological polar surface area (TPSA) is 49.4 Å². The fraction of sp³-hybridized carbons (Fsp3) is 0.538. The number of nitrogens with zero attached hydrogens (tertiary/aromatic N) is 1. The Morgan fingerprint density at radius 3 is 2.50 bits per heavy atom. The Morgan fingerprint density at radius 1 is 1.22 bits per heavy atom. The van der Waals surface area contributed by atoms with E-state index in [2.05, 4.69) is 5.32 Å². The van der Waals surface area contributed by atoms with Crippen LogP contribution in [-0.2, 0) is 22.3 Å². The highest BCUT2D eigenvalue weighted by Gasteiger charge is 2.16. The molecule has 0 spiro atoms. The number of benzene rings is 1. The van der Waals surface area contributed by atoms with Crippen molar-refractivity contribution < 1.29 is 8.42 Å². The van der Waals surface area contributed by atoms with Crippen LogP contribution in [-0.4, -0.2) is 32.9 Å². The number of hydrogen-bond acceptors (Lipinski definition) is 3. The number of rotatable bonds is 7. The zero-order valence-corrected chi connectivity index (χ0v) is 12.1. The Kier molecular flexibility index (Phi) is 5.78. The van der Waals surface area contributed by atoms with Crippen LogP contribution in [0.3, 0.4) is 0 Å². The van der Waals surface area contributed by atoms with Crippen molar-refractivity contribution >= 4 is 10.0 Å². The minimum atomic E-state index is -3.19. The first-order chi connectivity index (χ1) is 8.49. The first-order valence-electron chi connectivity index (χ1n) is 6.22. The number of hydrogen-bond donors (Lipinski definition) is 1. The molecule has 0 unspecified atom stereocenters. The molecule has 0 aliphatic heterocycles. The summed E-state index contributed by atoms with van der Waals surface area (Å²) in [5.74, 6) is 0.0668. The maximum atomic E-state index is 12.0. The Bertz CT molecular complexity index is 472. The van der Waals surface area contributed by atoms with Gasteiger partial charge in [-0.25, -0.2) is 12.7 Å². The Balaban J connectivity index is 2.79. The van der Waals surface area contributed by atoms with Gasteiger partial charge in [0.25, 0.3) is 0 Å². The van der Waals surface area contributed by atoms with Crippen LogP contribution in [0, 0.1) is 0 Å². The number of sulfonamides is 1. The SMILES string of the molecule is CCNCc1cccc(CS(=O)(=O)N(C)CC)c1. The first kappa shape index (κ1) is 15.1. The van der Waals surface area contributed by atoms with Crippen LogP contribution in [0.2, 0.25) is 0 Å². The summed E-state index contributed by atoms with van der Waals surface area (Å²) in [6.07, 6.45) is 0. The average molecular weight is 270 g/mol. The molecule has 0 aliphatic rings. The molecule has 0 aliphatic carbocycles. The van der Waals surface area contributed by atoms with Crippen molar-refractivity contribution in [2.75, 3.05) is 20.1 Å². The molecule has 1 aromatic rings. The van der Waals surface area contributed by atoms with E-state index in [1.54, 1.807) is 7.05 Å². The lowest BCUT2D eigenvalue weighted by Crippen LogP contribution is -2.27. The lowest BCUT2D eigenvalue weighted by Gasteiger charge is -2.15. The predicted molar refractivity (Wildman–Crippen MR) is 74.8 cm³/mol. The maximum absolute atomic E-state index is 12.0. The second-order valence-electron chi connectivity index (χ2n) is 4.27. The minimum Gasteiger partial charge on any atom is -0.313 e. The van der Waals surface area contributed by atoms with Crippen molar-refractivity contribution in [3.05, 3.63) is 35.4 Å². The molecular formula is C13H22N2O2S. The molecule has 18 heavy (non-hydrogen) atoms. The average Bonchev–Trinajstić information content (AvgIpc) is 2.35. The van der Waals surface area contributed by atoms with Gasteiger partial charge in [-0.05, 0) is 17.7 Å². The van der Waals surface area contributed by atoms with Gasteiger partial charge in [-0.3, -0.25) is 0 Å². The first-order valence-corrected chi connectivity index (χ1v) is 7.83. The van der Waals surface area contributed by atoms with Gasteiger partial charge in [0.05, 0.1) is 5.75 Å². The molecule has 0 heterocycles. The van der Waals surface area contributed by atoms with Gasteiger partial charge < -0.3 is 5.32 Å². The van der Waals surface area contributed by atoms with E-state index in [1.165, 1.54) is 4.31 Å². The molecule has 0 fully saturated rings. The molecule has 5 heteroatoms. The van der Waals surface area contributed by atoms with E-state index < -0.39 is 10.0 Å². The lowest BCUT2D eigenvalue weighted by atomic mass is 10.1. The molecule has 0 amide bonds. The van der Waals surface area contributed by atoms with E-state index in [0.717, 1.165) is 24.2 Å². The lowest BCUT2D eigenvalue weighted by molar-refractivity contribution is 0.485. The van der Waals surface area contributed by atoms with Crippen LogP contribution in [0.4, 0.5) is 0 Å². The molecule has 0 bridgehead atoms. The van der Waals surface area contributed by atoms with Crippen LogP contribution in [0.5, 0.6) is 0 Å². The quantitative estimate of drug-likeness (QED) is 0.818. The summed E-state index contributed by atoms with van der Waals surface area (Å²) >= 11 is 0. The second kappa shape index (κ2) is 6.87. The largest absolute Gasteiger partial charge is 0.313 e. The highest BCUT2D eigenvalue weighted by molar-refractivity contribution is 7.88. The van der Waals surface area contributed by atoms with Crippen molar-refractivity contribution in [3.63, 3.8) is 0 Å². The molecule has 0 aromatic heterocycles. The van der Waals surface area contributed by atoms with E-state index in [-0.39, 0.29) is 5.75 Å². The monoisotopic (exact) mass is 270 g/mol. The van der Waals surface area contributed by atoms with Gasteiger partial charge in [0, 0.05) is 20.1 Å². The molecule has 4 nitrogen and oxygen atoms in total. The van der Waals surface area contributed by atoms with Gasteiger partial charge in [0.1, 0.15) is 0 Å². The summed E-state index contributed by atoms with van der Waals surface area (Å²) in [6.45, 7) is 6.05. The summed E-state index contributed by atoms with van der Waals surface area (Å²) in [5, 5.41) is 3.23. The van der Waals surface area contributed by atoms with Crippen LogP contribution >= 0.6 is 0 Å². The van der Waals surface area contributed by atoms with Crippen LogP contribution in [0.1, 0.15) is 25.0 Å². The number of nitrogens with one attached hydrogen (secondary N) is 1. The Labute approximate surface area is 110 Å². The van der Waals surface area contributed by atoms with E-state index >= 15 is 0 Å². The maximum Gasteiger partial charge on any atom is 0.218 e. The zero-order chi connectivity index (χ0) is 13.6. The van der Waals surface area contributed by atoms with E-state index in [4.69, 9.17) is 0 Å². The highest BCUT2D eigenvalue weighted by Crippen LogP contribution is 2.11. The van der Waals surface area contributed by atoms with Crippen molar-refractivity contribution in [1.82, 2.24) is 9.62 Å². The molecule has 1 aromatic carbocycles. The van der Waals surface area contributed by atoms with E-state index in [9.17, 15) is 8.42 Å². The summed E-state index contributed by atoms with van der Waals surface area (Å²) in [7, 11) is -1.58. The van der Waals surface area contributed by atoms with Crippen molar-refractivity contribution in [2.45, 2.75) is 26.1 Å².